The molecule has 0 spiro atoms. The molecule has 0 N–H and O–H groups in total. The normalized spacial score (nSPS) is 25.2. The number of nitrogens with zero attached hydrogens (tertiary/aromatic N) is 1. The van der Waals surface area contributed by atoms with Gasteiger partial charge in [-0.2, -0.15) is 0 Å². The topological polar surface area (TPSA) is 31.4 Å². The molecule has 1 aromatic rings. The summed E-state index contributed by atoms with van der Waals surface area (Å²) in [5, 5.41) is 0. The summed E-state index contributed by atoms with van der Waals surface area (Å²) in [5.41, 5.74) is 1.74. The van der Waals surface area contributed by atoms with Crippen molar-refractivity contribution in [3.05, 3.63) is 24.0 Å². The summed E-state index contributed by atoms with van der Waals surface area (Å²) in [7, 11) is -0.277. The van der Waals surface area contributed by atoms with E-state index in [0.717, 1.165) is 5.46 Å². The van der Waals surface area contributed by atoms with Crippen LogP contribution in [0.2, 0.25) is 0 Å². The quantitative estimate of drug-likeness (QED) is 0.781. The van der Waals surface area contributed by atoms with E-state index >= 15 is 0 Å². The number of hydrogen-bond donors (Lipinski definition) is 0. The summed E-state index contributed by atoms with van der Waals surface area (Å²) >= 11 is 0. The highest BCUT2D eigenvalue weighted by Gasteiger charge is 2.51. The highest BCUT2D eigenvalue weighted by atomic mass is 16.7. The highest BCUT2D eigenvalue weighted by molar-refractivity contribution is 6.62. The fourth-order valence-electron chi connectivity index (χ4n) is 3.21. The number of rotatable bonds is 2. The Balaban J connectivity index is 1.81. The first kappa shape index (κ1) is 15.0. The van der Waals surface area contributed by atoms with Gasteiger partial charge < -0.3 is 9.31 Å². The molecular weight excluding hydrogens is 261 g/mol. The molecule has 4 heteroatoms. The second-order valence-corrected chi connectivity index (χ2v) is 7.44. The van der Waals surface area contributed by atoms with Gasteiger partial charge in [0.2, 0.25) is 0 Å². The van der Waals surface area contributed by atoms with E-state index in [0.29, 0.717) is 5.92 Å². The Bertz CT molecular complexity index is 493. The van der Waals surface area contributed by atoms with Crippen LogP contribution in [0.1, 0.15) is 71.4 Å². The molecule has 1 saturated carbocycles. The van der Waals surface area contributed by atoms with Crippen LogP contribution in [0.3, 0.4) is 0 Å². The van der Waals surface area contributed by atoms with E-state index in [9.17, 15) is 0 Å². The third kappa shape index (κ3) is 2.88. The molecule has 21 heavy (non-hydrogen) atoms. The van der Waals surface area contributed by atoms with E-state index in [1.807, 2.05) is 12.3 Å². The molecule has 0 unspecified atom stereocenters. The monoisotopic (exact) mass is 287 g/mol. The standard InChI is InChI=1S/C17H26BNO2/c1-16(2)17(3,4)21-18(20-16)14-10-11-19-15(12-14)13-8-6-5-7-9-13/h10-13H,5-9H2,1-4H3. The van der Waals surface area contributed by atoms with Crippen molar-refractivity contribution < 1.29 is 9.31 Å². The van der Waals surface area contributed by atoms with Crippen molar-refractivity contribution >= 4 is 12.6 Å². The molecular formula is C17H26BNO2. The Labute approximate surface area is 128 Å². The van der Waals surface area contributed by atoms with Crippen LogP contribution in [0.4, 0.5) is 0 Å². The molecule has 3 nitrogen and oxygen atoms in total. The van der Waals surface area contributed by atoms with Gasteiger partial charge in [0.15, 0.2) is 0 Å². The molecule has 1 aliphatic heterocycles. The smallest absolute Gasteiger partial charge is 0.399 e. The summed E-state index contributed by atoms with van der Waals surface area (Å²) < 4.78 is 12.3. The minimum atomic E-state index is -0.286. The van der Waals surface area contributed by atoms with Crippen LogP contribution in [-0.2, 0) is 9.31 Å². The Hall–Kier alpha value is -0.865. The van der Waals surface area contributed by atoms with Crippen LogP contribution in [0.25, 0.3) is 0 Å². The summed E-state index contributed by atoms with van der Waals surface area (Å²) in [6.45, 7) is 8.37. The molecule has 0 aromatic carbocycles. The summed E-state index contributed by atoms with van der Waals surface area (Å²) in [4.78, 5) is 4.60. The summed E-state index contributed by atoms with van der Waals surface area (Å²) in [6, 6.07) is 4.21. The first-order chi connectivity index (χ1) is 9.89. The predicted molar refractivity (Wildman–Crippen MR) is 85.8 cm³/mol. The molecule has 1 aromatic heterocycles. The van der Waals surface area contributed by atoms with E-state index < -0.39 is 0 Å². The van der Waals surface area contributed by atoms with Crippen LogP contribution in [0.15, 0.2) is 18.3 Å². The van der Waals surface area contributed by atoms with Gasteiger partial charge in [-0.25, -0.2) is 0 Å². The van der Waals surface area contributed by atoms with Crippen molar-refractivity contribution in [2.75, 3.05) is 0 Å². The van der Waals surface area contributed by atoms with Gasteiger partial charge in [0, 0.05) is 17.8 Å². The van der Waals surface area contributed by atoms with Gasteiger partial charge in [0.25, 0.3) is 0 Å². The summed E-state index contributed by atoms with van der Waals surface area (Å²) in [5.74, 6) is 0.612. The van der Waals surface area contributed by atoms with E-state index in [2.05, 4.69) is 38.7 Å². The molecule has 2 fully saturated rings. The Morgan fingerprint density at radius 3 is 2.29 bits per heavy atom. The molecule has 3 rings (SSSR count). The maximum Gasteiger partial charge on any atom is 0.494 e. The van der Waals surface area contributed by atoms with Crippen LogP contribution >= 0.6 is 0 Å². The molecule has 1 aliphatic carbocycles. The van der Waals surface area contributed by atoms with Gasteiger partial charge in [-0.05, 0) is 58.1 Å². The molecule has 114 valence electrons. The Kier molecular flexibility index (Phi) is 3.87. The van der Waals surface area contributed by atoms with E-state index in [1.165, 1.54) is 37.8 Å². The van der Waals surface area contributed by atoms with Crippen molar-refractivity contribution in [1.29, 1.82) is 0 Å². The van der Waals surface area contributed by atoms with E-state index in [4.69, 9.17) is 9.31 Å². The van der Waals surface area contributed by atoms with E-state index in [1.54, 1.807) is 0 Å². The average molecular weight is 287 g/mol. The Morgan fingerprint density at radius 1 is 1.05 bits per heavy atom. The van der Waals surface area contributed by atoms with Crippen molar-refractivity contribution in [2.24, 2.45) is 0 Å². The van der Waals surface area contributed by atoms with Crippen molar-refractivity contribution in [2.45, 2.75) is 76.9 Å². The maximum absolute atomic E-state index is 6.14. The lowest BCUT2D eigenvalue weighted by atomic mass is 9.77. The molecule has 2 aliphatic rings. The fraction of sp³-hybridized carbons (Fsp3) is 0.706. The van der Waals surface area contributed by atoms with Gasteiger partial charge in [0.1, 0.15) is 0 Å². The lowest BCUT2D eigenvalue weighted by Crippen LogP contribution is -2.41. The average Bonchev–Trinajstić information content (AvgIpc) is 2.69. The molecule has 0 radical (unpaired) electrons. The predicted octanol–water partition coefficient (Wildman–Crippen LogP) is 3.43. The lowest BCUT2D eigenvalue weighted by Gasteiger charge is -2.32. The number of aromatic nitrogens is 1. The lowest BCUT2D eigenvalue weighted by molar-refractivity contribution is 0.00578. The minimum absolute atomic E-state index is 0.277. The SMILES string of the molecule is CC1(C)OB(c2ccnc(C3CCCCC3)c2)OC1(C)C. The Morgan fingerprint density at radius 2 is 1.67 bits per heavy atom. The zero-order chi connectivity index (χ0) is 15.1. The van der Waals surface area contributed by atoms with Crippen LogP contribution in [0.5, 0.6) is 0 Å². The second-order valence-electron chi connectivity index (χ2n) is 7.44. The van der Waals surface area contributed by atoms with Gasteiger partial charge in [-0.3, -0.25) is 4.98 Å². The van der Waals surface area contributed by atoms with Crippen LogP contribution in [-0.4, -0.2) is 23.3 Å². The van der Waals surface area contributed by atoms with Crippen LogP contribution in [0, 0.1) is 0 Å². The molecule has 2 heterocycles. The van der Waals surface area contributed by atoms with Gasteiger partial charge >= 0.3 is 7.12 Å². The van der Waals surface area contributed by atoms with Crippen molar-refractivity contribution in [1.82, 2.24) is 4.98 Å². The zero-order valence-corrected chi connectivity index (χ0v) is 13.7. The molecule has 0 atom stereocenters. The molecule has 0 bridgehead atoms. The number of hydrogen-bond acceptors (Lipinski definition) is 3. The third-order valence-corrected chi connectivity index (χ3v) is 5.35. The third-order valence-electron chi connectivity index (χ3n) is 5.35. The first-order valence-corrected chi connectivity index (χ1v) is 8.20. The number of pyridine rings is 1. The van der Waals surface area contributed by atoms with E-state index in [-0.39, 0.29) is 18.3 Å². The zero-order valence-electron chi connectivity index (χ0n) is 13.7. The van der Waals surface area contributed by atoms with Crippen molar-refractivity contribution in [3.8, 4) is 0 Å². The molecule has 0 amide bonds. The largest absolute Gasteiger partial charge is 0.494 e. The maximum atomic E-state index is 6.14. The highest BCUT2D eigenvalue weighted by Crippen LogP contribution is 2.37. The van der Waals surface area contributed by atoms with Crippen molar-refractivity contribution in [3.63, 3.8) is 0 Å². The van der Waals surface area contributed by atoms with Crippen LogP contribution < -0.4 is 5.46 Å². The van der Waals surface area contributed by atoms with Gasteiger partial charge in [-0.15, -0.1) is 0 Å². The molecule has 1 saturated heterocycles. The second kappa shape index (κ2) is 5.40. The first-order valence-electron chi connectivity index (χ1n) is 8.20. The fourth-order valence-corrected chi connectivity index (χ4v) is 3.21. The van der Waals surface area contributed by atoms with Gasteiger partial charge in [-0.1, -0.05) is 19.3 Å². The van der Waals surface area contributed by atoms with Gasteiger partial charge in [0.05, 0.1) is 11.2 Å². The minimum Gasteiger partial charge on any atom is -0.399 e. The summed E-state index contributed by atoms with van der Waals surface area (Å²) in [6.07, 6.45) is 8.46.